The molecule has 1 aromatic carbocycles. The molecule has 0 unspecified atom stereocenters. The summed E-state index contributed by atoms with van der Waals surface area (Å²) >= 11 is 6.17. The van der Waals surface area contributed by atoms with Gasteiger partial charge in [-0.05, 0) is 45.4 Å². The number of carboxylic acid groups (broad SMARTS) is 1. The molecule has 1 spiro atoms. The summed E-state index contributed by atoms with van der Waals surface area (Å²) in [6.07, 6.45) is -0.0591. The van der Waals surface area contributed by atoms with Crippen LogP contribution in [-0.4, -0.2) is 45.3 Å². The Kier molecular flexibility index (Phi) is 4.29. The molecule has 4 atom stereocenters. The number of carbonyl (C=O) groups excluding carboxylic acids is 3. The van der Waals surface area contributed by atoms with Crippen molar-refractivity contribution in [3.63, 3.8) is 0 Å². The Balaban J connectivity index is 1.88. The van der Waals surface area contributed by atoms with Gasteiger partial charge in [-0.15, -0.1) is 0 Å². The van der Waals surface area contributed by atoms with E-state index < -0.39 is 46.7 Å². The molecular weight excluding hydrogens is 398 g/mol. The van der Waals surface area contributed by atoms with E-state index in [1.54, 1.807) is 39.0 Å². The molecule has 3 N–H and O–H groups in total. The van der Waals surface area contributed by atoms with Crippen molar-refractivity contribution in [3.8, 4) is 0 Å². The van der Waals surface area contributed by atoms with Gasteiger partial charge in [0, 0.05) is 34.3 Å². The van der Waals surface area contributed by atoms with E-state index in [0.29, 0.717) is 16.3 Å². The number of hydrogen-bond acceptors (Lipinski definition) is 5. The van der Waals surface area contributed by atoms with Crippen molar-refractivity contribution in [1.29, 1.82) is 0 Å². The first kappa shape index (κ1) is 19.8. The summed E-state index contributed by atoms with van der Waals surface area (Å²) in [5.41, 5.74) is -1.18. The number of nitrogens with one attached hydrogen (secondary N) is 2. The number of amides is 3. The predicted octanol–water partition coefficient (Wildman–Crippen LogP) is 1.72. The summed E-state index contributed by atoms with van der Waals surface area (Å²) in [7, 11) is 0. The number of halogens is 1. The van der Waals surface area contributed by atoms with Gasteiger partial charge >= 0.3 is 5.97 Å². The minimum atomic E-state index is -1.46. The van der Waals surface area contributed by atoms with E-state index in [0.717, 1.165) is 0 Å². The standard InChI is InChI=1S/C20H22ClN3O5/c1-19(2,3)24-16(27)14-12(6-7-13(25)26)23-20(15(14)17(24)28)10-8-9(21)4-5-11(10)22-18(20)29/h4-5,8,12,14-15,23H,6-7H2,1-3H3,(H,22,29)(H,25,26)/t12-,14+,15+,20+/m0/s1. The molecule has 29 heavy (non-hydrogen) atoms. The van der Waals surface area contributed by atoms with Crippen LogP contribution in [-0.2, 0) is 24.7 Å². The predicted molar refractivity (Wildman–Crippen MR) is 104 cm³/mol. The van der Waals surface area contributed by atoms with Crippen LogP contribution in [0.2, 0.25) is 5.02 Å². The molecule has 9 heteroatoms. The zero-order chi connectivity index (χ0) is 21.3. The van der Waals surface area contributed by atoms with Crippen molar-refractivity contribution >= 4 is 41.0 Å². The molecule has 154 valence electrons. The molecule has 1 aromatic rings. The van der Waals surface area contributed by atoms with Crippen LogP contribution in [0, 0.1) is 11.8 Å². The molecule has 0 radical (unpaired) electrons. The highest BCUT2D eigenvalue weighted by atomic mass is 35.5. The number of anilines is 1. The summed E-state index contributed by atoms with van der Waals surface area (Å²) in [6, 6.07) is 4.29. The minimum absolute atomic E-state index is 0.123. The Labute approximate surface area is 172 Å². The molecule has 0 saturated carbocycles. The highest BCUT2D eigenvalue weighted by Gasteiger charge is 2.71. The van der Waals surface area contributed by atoms with Crippen molar-refractivity contribution in [2.75, 3.05) is 5.32 Å². The Morgan fingerprint density at radius 3 is 2.55 bits per heavy atom. The van der Waals surface area contributed by atoms with Gasteiger partial charge in [0.2, 0.25) is 17.7 Å². The Morgan fingerprint density at radius 1 is 1.24 bits per heavy atom. The number of carbonyl (C=O) groups is 4. The van der Waals surface area contributed by atoms with Crippen LogP contribution in [0.25, 0.3) is 0 Å². The largest absolute Gasteiger partial charge is 0.481 e. The molecule has 4 rings (SSSR count). The third-order valence-corrected chi connectivity index (χ3v) is 6.25. The van der Waals surface area contributed by atoms with Gasteiger partial charge in [-0.1, -0.05) is 11.6 Å². The number of benzene rings is 1. The maximum Gasteiger partial charge on any atom is 0.303 e. The second-order valence-corrected chi connectivity index (χ2v) is 9.26. The molecule has 2 fully saturated rings. The fourth-order valence-electron chi connectivity index (χ4n) is 4.96. The summed E-state index contributed by atoms with van der Waals surface area (Å²) < 4.78 is 0. The average molecular weight is 420 g/mol. The van der Waals surface area contributed by atoms with Crippen molar-refractivity contribution in [2.24, 2.45) is 11.8 Å². The van der Waals surface area contributed by atoms with E-state index in [9.17, 15) is 19.2 Å². The third-order valence-electron chi connectivity index (χ3n) is 6.02. The smallest absolute Gasteiger partial charge is 0.303 e. The number of fused-ring (bicyclic) bond motifs is 4. The van der Waals surface area contributed by atoms with E-state index in [1.807, 2.05) is 0 Å². The van der Waals surface area contributed by atoms with Gasteiger partial charge in [-0.3, -0.25) is 29.4 Å². The second kappa shape index (κ2) is 6.27. The first-order chi connectivity index (χ1) is 13.5. The molecular formula is C20H22ClN3O5. The van der Waals surface area contributed by atoms with Gasteiger partial charge in [0.25, 0.3) is 0 Å². The fourth-order valence-corrected chi connectivity index (χ4v) is 5.13. The van der Waals surface area contributed by atoms with Crippen molar-refractivity contribution in [3.05, 3.63) is 28.8 Å². The Bertz CT molecular complexity index is 956. The maximum atomic E-state index is 13.5. The Morgan fingerprint density at radius 2 is 1.93 bits per heavy atom. The van der Waals surface area contributed by atoms with Crippen LogP contribution in [0.3, 0.4) is 0 Å². The molecule has 3 amide bonds. The SMILES string of the molecule is CC(C)(C)N1C(=O)[C@@H]2[C@H](CCC(=O)O)N[C@@]3(C(=O)Nc4ccc(Cl)cc43)[C@H]2C1=O. The number of carboxylic acids is 1. The molecule has 0 bridgehead atoms. The Hall–Kier alpha value is -2.45. The van der Waals surface area contributed by atoms with Gasteiger partial charge in [-0.25, -0.2) is 0 Å². The van der Waals surface area contributed by atoms with Crippen LogP contribution in [0.4, 0.5) is 5.69 Å². The molecule has 3 aliphatic heterocycles. The van der Waals surface area contributed by atoms with E-state index >= 15 is 0 Å². The first-order valence-corrected chi connectivity index (χ1v) is 9.85. The van der Waals surface area contributed by atoms with Crippen LogP contribution in [0.1, 0.15) is 39.2 Å². The zero-order valence-electron chi connectivity index (χ0n) is 16.3. The second-order valence-electron chi connectivity index (χ2n) is 8.82. The van der Waals surface area contributed by atoms with Gasteiger partial charge in [0.05, 0.1) is 11.8 Å². The van der Waals surface area contributed by atoms with Crippen molar-refractivity contribution in [1.82, 2.24) is 10.2 Å². The number of hydrogen-bond donors (Lipinski definition) is 3. The van der Waals surface area contributed by atoms with Crippen LogP contribution < -0.4 is 10.6 Å². The summed E-state index contributed by atoms with van der Waals surface area (Å²) in [6.45, 7) is 5.28. The molecule has 3 aliphatic rings. The highest BCUT2D eigenvalue weighted by Crippen LogP contribution is 2.54. The zero-order valence-corrected chi connectivity index (χ0v) is 17.0. The molecule has 8 nitrogen and oxygen atoms in total. The maximum absolute atomic E-state index is 13.5. The lowest BCUT2D eigenvalue weighted by Crippen LogP contribution is -2.55. The van der Waals surface area contributed by atoms with Gasteiger partial charge in [0.1, 0.15) is 5.54 Å². The highest BCUT2D eigenvalue weighted by molar-refractivity contribution is 6.31. The van der Waals surface area contributed by atoms with Crippen LogP contribution in [0.5, 0.6) is 0 Å². The topological polar surface area (TPSA) is 116 Å². The fraction of sp³-hybridized carbons (Fsp3) is 0.500. The third kappa shape index (κ3) is 2.69. The number of imide groups is 1. The van der Waals surface area contributed by atoms with E-state index in [2.05, 4.69) is 10.6 Å². The molecule has 3 heterocycles. The van der Waals surface area contributed by atoms with E-state index in [4.69, 9.17) is 16.7 Å². The number of rotatable bonds is 3. The molecule has 2 saturated heterocycles. The minimum Gasteiger partial charge on any atom is -0.481 e. The molecule has 0 aromatic heterocycles. The summed E-state index contributed by atoms with van der Waals surface area (Å²) in [5, 5.41) is 15.5. The van der Waals surface area contributed by atoms with Crippen molar-refractivity contribution < 1.29 is 24.3 Å². The normalized spacial score (nSPS) is 30.7. The number of likely N-dealkylation sites (tertiary alicyclic amines) is 1. The van der Waals surface area contributed by atoms with Gasteiger partial charge in [-0.2, -0.15) is 0 Å². The molecule has 0 aliphatic carbocycles. The monoisotopic (exact) mass is 419 g/mol. The summed E-state index contributed by atoms with van der Waals surface area (Å²) in [4.78, 5) is 52.3. The first-order valence-electron chi connectivity index (χ1n) is 9.47. The lowest BCUT2D eigenvalue weighted by Gasteiger charge is -2.34. The summed E-state index contributed by atoms with van der Waals surface area (Å²) in [5.74, 6) is -4.03. The number of aliphatic carboxylic acids is 1. The quantitative estimate of drug-likeness (QED) is 0.642. The number of nitrogens with zero attached hydrogens (tertiary/aromatic N) is 1. The van der Waals surface area contributed by atoms with Gasteiger partial charge in [0.15, 0.2) is 0 Å². The van der Waals surface area contributed by atoms with E-state index in [1.165, 1.54) is 4.90 Å². The average Bonchev–Trinajstić information content (AvgIpc) is 3.18. The van der Waals surface area contributed by atoms with Crippen LogP contribution in [0.15, 0.2) is 18.2 Å². The lowest BCUT2D eigenvalue weighted by atomic mass is 9.76. The lowest BCUT2D eigenvalue weighted by molar-refractivity contribution is -0.148. The van der Waals surface area contributed by atoms with Crippen LogP contribution >= 0.6 is 11.6 Å². The van der Waals surface area contributed by atoms with Gasteiger partial charge < -0.3 is 10.4 Å². The van der Waals surface area contributed by atoms with E-state index in [-0.39, 0.29) is 18.7 Å². The van der Waals surface area contributed by atoms with Crippen molar-refractivity contribution in [2.45, 2.75) is 50.7 Å².